The summed E-state index contributed by atoms with van der Waals surface area (Å²) in [6.07, 6.45) is -0.520. The first-order chi connectivity index (χ1) is 14.1. The Morgan fingerprint density at radius 2 is 1.70 bits per heavy atom. The molecule has 0 spiro atoms. The number of carbonyl (C=O) groups is 2. The SMILES string of the molecule is Cc1[nH]c(-c2ccccc2Oc2ccc(NC(=O)OC(C)(C)C)cc2)cc1C(N)=O. The molecule has 1 aromatic heterocycles. The molecule has 0 unspecified atom stereocenters. The van der Waals surface area contributed by atoms with Crippen molar-refractivity contribution in [1.29, 1.82) is 0 Å². The Bertz CT molecular complexity index is 1060. The van der Waals surface area contributed by atoms with Crippen molar-refractivity contribution in [3.8, 4) is 22.8 Å². The molecular weight excluding hydrogens is 382 g/mol. The molecular formula is C23H25N3O4. The maximum absolute atomic E-state index is 11.9. The van der Waals surface area contributed by atoms with Crippen molar-refractivity contribution in [2.24, 2.45) is 5.73 Å². The predicted octanol–water partition coefficient (Wildman–Crippen LogP) is 5.23. The molecule has 0 atom stereocenters. The Kier molecular flexibility index (Phi) is 5.82. The van der Waals surface area contributed by atoms with Crippen LogP contribution in [0.4, 0.5) is 10.5 Å². The number of primary amides is 1. The Balaban J connectivity index is 1.77. The summed E-state index contributed by atoms with van der Waals surface area (Å²) in [5.41, 5.74) is 8.12. The van der Waals surface area contributed by atoms with Gasteiger partial charge in [-0.25, -0.2) is 4.79 Å². The molecule has 4 N–H and O–H groups in total. The fourth-order valence-corrected chi connectivity index (χ4v) is 2.89. The number of aromatic nitrogens is 1. The molecule has 0 saturated carbocycles. The number of benzene rings is 2. The molecule has 0 bridgehead atoms. The van der Waals surface area contributed by atoms with E-state index in [9.17, 15) is 9.59 Å². The summed E-state index contributed by atoms with van der Waals surface area (Å²) in [5, 5.41) is 2.68. The average Bonchev–Trinajstić information content (AvgIpc) is 3.04. The van der Waals surface area contributed by atoms with Gasteiger partial charge in [-0.1, -0.05) is 12.1 Å². The van der Waals surface area contributed by atoms with Crippen LogP contribution in [0.1, 0.15) is 36.8 Å². The number of nitrogens with one attached hydrogen (secondary N) is 2. The number of hydrogen-bond donors (Lipinski definition) is 3. The Labute approximate surface area is 175 Å². The standard InChI is InChI=1S/C23H25N3O4/c1-14-18(21(24)27)13-19(25-14)17-7-5-6-8-20(17)29-16-11-9-15(10-12-16)26-22(28)30-23(2,3)4/h5-13,25H,1-4H3,(H2,24,27)(H,26,28). The van der Waals surface area contributed by atoms with Crippen LogP contribution in [0.2, 0.25) is 0 Å². The number of H-pyrrole nitrogens is 1. The van der Waals surface area contributed by atoms with Crippen molar-refractivity contribution in [3.05, 3.63) is 65.9 Å². The van der Waals surface area contributed by atoms with Gasteiger partial charge in [-0.15, -0.1) is 0 Å². The van der Waals surface area contributed by atoms with Gasteiger partial charge in [0.05, 0.1) is 11.3 Å². The second-order valence-electron chi connectivity index (χ2n) is 7.84. The summed E-state index contributed by atoms with van der Waals surface area (Å²) in [6.45, 7) is 7.21. The van der Waals surface area contributed by atoms with Crippen LogP contribution in [0.5, 0.6) is 11.5 Å². The zero-order chi connectivity index (χ0) is 21.9. The van der Waals surface area contributed by atoms with Gasteiger partial charge in [-0.05, 0) is 70.2 Å². The minimum absolute atomic E-state index is 0.442. The van der Waals surface area contributed by atoms with Crippen molar-refractivity contribution in [3.63, 3.8) is 0 Å². The molecule has 7 heteroatoms. The Morgan fingerprint density at radius 1 is 1.03 bits per heavy atom. The molecule has 0 aliphatic rings. The number of anilines is 1. The third kappa shape index (κ3) is 5.20. The molecule has 0 aliphatic carbocycles. The van der Waals surface area contributed by atoms with E-state index in [-0.39, 0.29) is 0 Å². The van der Waals surface area contributed by atoms with Gasteiger partial charge in [0.25, 0.3) is 5.91 Å². The van der Waals surface area contributed by atoms with Crippen LogP contribution < -0.4 is 15.8 Å². The molecule has 30 heavy (non-hydrogen) atoms. The first-order valence-electron chi connectivity index (χ1n) is 9.49. The fourth-order valence-electron chi connectivity index (χ4n) is 2.89. The third-order valence-electron chi connectivity index (χ3n) is 4.18. The highest BCUT2D eigenvalue weighted by Crippen LogP contribution is 2.34. The van der Waals surface area contributed by atoms with Gasteiger partial charge in [0.15, 0.2) is 0 Å². The van der Waals surface area contributed by atoms with Crippen molar-refractivity contribution in [2.45, 2.75) is 33.3 Å². The molecule has 1 heterocycles. The first kappa shape index (κ1) is 21.0. The number of amides is 2. The molecule has 0 fully saturated rings. The van der Waals surface area contributed by atoms with Gasteiger partial charge in [0, 0.05) is 16.9 Å². The predicted molar refractivity (Wildman–Crippen MR) is 116 cm³/mol. The minimum atomic E-state index is -0.568. The van der Waals surface area contributed by atoms with Gasteiger partial charge < -0.3 is 20.2 Å². The number of aryl methyl sites for hydroxylation is 1. The van der Waals surface area contributed by atoms with E-state index >= 15 is 0 Å². The van der Waals surface area contributed by atoms with E-state index in [1.807, 2.05) is 24.3 Å². The summed E-state index contributed by atoms with van der Waals surface area (Å²) < 4.78 is 11.3. The summed E-state index contributed by atoms with van der Waals surface area (Å²) in [6, 6.07) is 16.1. The number of hydrogen-bond acceptors (Lipinski definition) is 4. The quantitative estimate of drug-likeness (QED) is 0.538. The smallest absolute Gasteiger partial charge is 0.412 e. The second-order valence-corrected chi connectivity index (χ2v) is 7.84. The molecule has 0 saturated heterocycles. The molecule has 2 amide bonds. The van der Waals surface area contributed by atoms with E-state index in [2.05, 4.69) is 10.3 Å². The number of nitrogens with two attached hydrogens (primary N) is 1. The van der Waals surface area contributed by atoms with Crippen LogP contribution in [-0.2, 0) is 4.74 Å². The molecule has 0 aliphatic heterocycles. The zero-order valence-corrected chi connectivity index (χ0v) is 17.4. The summed E-state index contributed by atoms with van der Waals surface area (Å²) >= 11 is 0. The molecule has 3 aromatic rings. The molecule has 7 nitrogen and oxygen atoms in total. The van der Waals surface area contributed by atoms with Crippen LogP contribution >= 0.6 is 0 Å². The van der Waals surface area contributed by atoms with Crippen LogP contribution in [0.3, 0.4) is 0 Å². The zero-order valence-electron chi connectivity index (χ0n) is 17.4. The fraction of sp³-hybridized carbons (Fsp3) is 0.217. The Hall–Kier alpha value is -3.74. The topological polar surface area (TPSA) is 106 Å². The lowest BCUT2D eigenvalue weighted by Crippen LogP contribution is -2.27. The van der Waals surface area contributed by atoms with Crippen LogP contribution in [0.25, 0.3) is 11.3 Å². The lowest BCUT2D eigenvalue weighted by Gasteiger charge is -2.19. The summed E-state index contributed by atoms with van der Waals surface area (Å²) in [5.74, 6) is 0.722. The number of aromatic amines is 1. The highest BCUT2D eigenvalue weighted by atomic mass is 16.6. The number of carbonyl (C=O) groups excluding carboxylic acids is 2. The van der Waals surface area contributed by atoms with Crippen LogP contribution in [0.15, 0.2) is 54.6 Å². The highest BCUT2D eigenvalue weighted by molar-refractivity contribution is 5.95. The van der Waals surface area contributed by atoms with E-state index < -0.39 is 17.6 Å². The largest absolute Gasteiger partial charge is 0.457 e. The normalized spacial score (nSPS) is 11.1. The minimum Gasteiger partial charge on any atom is -0.457 e. The second kappa shape index (κ2) is 8.32. The van der Waals surface area contributed by atoms with E-state index in [0.29, 0.717) is 28.4 Å². The van der Waals surface area contributed by atoms with Crippen LogP contribution in [-0.4, -0.2) is 22.6 Å². The number of rotatable bonds is 5. The van der Waals surface area contributed by atoms with Gasteiger partial charge in [0.2, 0.25) is 0 Å². The summed E-state index contributed by atoms with van der Waals surface area (Å²) in [7, 11) is 0. The highest BCUT2D eigenvalue weighted by Gasteiger charge is 2.17. The third-order valence-corrected chi connectivity index (χ3v) is 4.18. The van der Waals surface area contributed by atoms with Crippen molar-refractivity contribution in [2.75, 3.05) is 5.32 Å². The van der Waals surface area contributed by atoms with E-state index in [1.54, 1.807) is 58.0 Å². The van der Waals surface area contributed by atoms with E-state index in [0.717, 1.165) is 11.3 Å². The molecule has 3 rings (SSSR count). The number of para-hydroxylation sites is 1. The average molecular weight is 407 g/mol. The lowest BCUT2D eigenvalue weighted by molar-refractivity contribution is 0.0635. The Morgan fingerprint density at radius 3 is 2.30 bits per heavy atom. The number of ether oxygens (including phenoxy) is 2. The van der Waals surface area contributed by atoms with Crippen molar-refractivity contribution < 1.29 is 19.1 Å². The van der Waals surface area contributed by atoms with Gasteiger partial charge in [-0.3, -0.25) is 10.1 Å². The van der Waals surface area contributed by atoms with E-state index in [1.165, 1.54) is 0 Å². The first-order valence-corrected chi connectivity index (χ1v) is 9.49. The maximum Gasteiger partial charge on any atom is 0.412 e. The van der Waals surface area contributed by atoms with Crippen molar-refractivity contribution >= 4 is 17.7 Å². The monoisotopic (exact) mass is 407 g/mol. The molecule has 2 aromatic carbocycles. The van der Waals surface area contributed by atoms with E-state index in [4.69, 9.17) is 15.2 Å². The lowest BCUT2D eigenvalue weighted by atomic mass is 10.1. The molecule has 156 valence electrons. The maximum atomic E-state index is 11.9. The van der Waals surface area contributed by atoms with Gasteiger partial charge in [-0.2, -0.15) is 0 Å². The van der Waals surface area contributed by atoms with Gasteiger partial charge >= 0.3 is 6.09 Å². The molecule has 0 radical (unpaired) electrons. The van der Waals surface area contributed by atoms with Crippen molar-refractivity contribution in [1.82, 2.24) is 4.98 Å². The van der Waals surface area contributed by atoms with Crippen LogP contribution in [0, 0.1) is 6.92 Å². The van der Waals surface area contributed by atoms with Gasteiger partial charge in [0.1, 0.15) is 17.1 Å². The summed E-state index contributed by atoms with van der Waals surface area (Å²) in [4.78, 5) is 26.6.